The van der Waals surface area contributed by atoms with Gasteiger partial charge in [0.05, 0.1) is 6.61 Å². The molecular formula is C13H22O2. The molecule has 0 aliphatic rings. The molecule has 0 spiro atoms. The Morgan fingerprint density at radius 2 is 2.13 bits per heavy atom. The molecule has 0 saturated heterocycles. The fourth-order valence-electron chi connectivity index (χ4n) is 1.09. The van der Waals surface area contributed by atoms with E-state index in [0.717, 1.165) is 6.42 Å². The molecule has 15 heavy (non-hydrogen) atoms. The second-order valence-electron chi connectivity index (χ2n) is 3.70. The predicted octanol–water partition coefficient (Wildman–Crippen LogP) is 3.49. The first-order chi connectivity index (χ1) is 7.11. The molecule has 0 rings (SSSR count). The third-order valence-corrected chi connectivity index (χ3v) is 2.43. The molecule has 0 aromatic heterocycles. The van der Waals surface area contributed by atoms with Crippen LogP contribution in [0.3, 0.4) is 0 Å². The topological polar surface area (TPSA) is 26.3 Å². The summed E-state index contributed by atoms with van der Waals surface area (Å²) in [5, 5.41) is 0. The van der Waals surface area contributed by atoms with Crippen LogP contribution in [-0.2, 0) is 9.53 Å². The van der Waals surface area contributed by atoms with Crippen molar-refractivity contribution >= 4 is 5.97 Å². The highest BCUT2D eigenvalue weighted by Crippen LogP contribution is 2.14. The molecule has 86 valence electrons. The van der Waals surface area contributed by atoms with Crippen molar-refractivity contribution in [2.75, 3.05) is 6.61 Å². The molecule has 0 aliphatic heterocycles. The number of hydrogen-bond acceptors (Lipinski definition) is 2. The molecule has 0 aromatic carbocycles. The molecular weight excluding hydrogens is 188 g/mol. The van der Waals surface area contributed by atoms with E-state index in [-0.39, 0.29) is 5.97 Å². The summed E-state index contributed by atoms with van der Waals surface area (Å²) in [5.41, 5.74) is 1.32. The molecule has 2 heteroatoms. The lowest BCUT2D eigenvalue weighted by Crippen LogP contribution is -2.08. The minimum Gasteiger partial charge on any atom is -0.466 e. The van der Waals surface area contributed by atoms with Crippen LogP contribution in [0.2, 0.25) is 0 Å². The third-order valence-electron chi connectivity index (χ3n) is 2.43. The van der Waals surface area contributed by atoms with Crippen molar-refractivity contribution in [3.05, 3.63) is 23.8 Å². The van der Waals surface area contributed by atoms with Gasteiger partial charge in [0.15, 0.2) is 0 Å². The Kier molecular flexibility index (Phi) is 7.69. The Balaban J connectivity index is 3.83. The Morgan fingerprint density at radius 3 is 2.67 bits per heavy atom. The number of esters is 1. The quantitative estimate of drug-likeness (QED) is 0.495. The van der Waals surface area contributed by atoms with Crippen LogP contribution in [0.4, 0.5) is 0 Å². The van der Waals surface area contributed by atoms with Crippen LogP contribution in [0.15, 0.2) is 23.8 Å². The van der Waals surface area contributed by atoms with E-state index in [2.05, 4.69) is 19.9 Å². The lowest BCUT2D eigenvalue weighted by molar-refractivity contribution is -0.143. The van der Waals surface area contributed by atoms with Crippen LogP contribution >= 0.6 is 0 Å². The van der Waals surface area contributed by atoms with Crippen molar-refractivity contribution in [3.8, 4) is 0 Å². The van der Waals surface area contributed by atoms with Crippen LogP contribution in [0.1, 0.15) is 40.5 Å². The van der Waals surface area contributed by atoms with Crippen LogP contribution in [0.5, 0.6) is 0 Å². The Hall–Kier alpha value is -1.05. The van der Waals surface area contributed by atoms with E-state index in [1.165, 1.54) is 5.57 Å². The number of carbonyl (C=O) groups excluding carboxylic acids is 1. The molecule has 0 N–H and O–H groups in total. The van der Waals surface area contributed by atoms with Gasteiger partial charge in [0.25, 0.3) is 0 Å². The van der Waals surface area contributed by atoms with E-state index in [9.17, 15) is 4.79 Å². The number of allylic oxidation sites excluding steroid dienone is 4. The number of ether oxygens (including phenoxy) is 1. The summed E-state index contributed by atoms with van der Waals surface area (Å²) in [6, 6.07) is 0. The Morgan fingerprint density at radius 1 is 1.47 bits per heavy atom. The monoisotopic (exact) mass is 210 g/mol. The molecule has 0 radical (unpaired) electrons. The molecule has 0 aromatic rings. The zero-order valence-corrected chi connectivity index (χ0v) is 10.2. The highest BCUT2D eigenvalue weighted by Gasteiger charge is 2.05. The van der Waals surface area contributed by atoms with Gasteiger partial charge < -0.3 is 4.74 Å². The van der Waals surface area contributed by atoms with Crippen LogP contribution in [-0.4, -0.2) is 12.6 Å². The maximum Gasteiger partial charge on any atom is 0.305 e. The molecule has 0 fully saturated rings. The summed E-state index contributed by atoms with van der Waals surface area (Å²) in [5.74, 6) is 0.350. The Labute approximate surface area is 93.0 Å². The van der Waals surface area contributed by atoms with E-state index in [1.807, 2.05) is 26.0 Å². The van der Waals surface area contributed by atoms with Crippen molar-refractivity contribution < 1.29 is 9.53 Å². The van der Waals surface area contributed by atoms with Crippen LogP contribution < -0.4 is 0 Å². The lowest BCUT2D eigenvalue weighted by Gasteiger charge is -2.11. The van der Waals surface area contributed by atoms with Gasteiger partial charge in [-0.3, -0.25) is 4.79 Å². The standard InChI is InChI=1S/C13H22O2/c1-5-7-8-11(3)12(4)9-10-15-13(14)6-2/h5,7-8,12H,6,9-10H2,1-4H3/b7-5+,11-8+. The van der Waals surface area contributed by atoms with Gasteiger partial charge in [-0.1, -0.05) is 37.6 Å². The minimum absolute atomic E-state index is 0.114. The van der Waals surface area contributed by atoms with Gasteiger partial charge in [0.2, 0.25) is 0 Å². The smallest absolute Gasteiger partial charge is 0.305 e. The zero-order valence-electron chi connectivity index (χ0n) is 10.2. The van der Waals surface area contributed by atoms with Gasteiger partial charge in [0, 0.05) is 6.42 Å². The number of carbonyl (C=O) groups is 1. The average Bonchev–Trinajstić information content (AvgIpc) is 2.25. The first-order valence-corrected chi connectivity index (χ1v) is 5.56. The fraction of sp³-hybridized carbons (Fsp3) is 0.615. The molecule has 1 unspecified atom stereocenters. The first-order valence-electron chi connectivity index (χ1n) is 5.56. The molecule has 0 bridgehead atoms. The van der Waals surface area contributed by atoms with Crippen LogP contribution in [0.25, 0.3) is 0 Å². The van der Waals surface area contributed by atoms with Gasteiger partial charge in [-0.25, -0.2) is 0 Å². The summed E-state index contributed by atoms with van der Waals surface area (Å²) in [6.45, 7) is 8.58. The highest BCUT2D eigenvalue weighted by atomic mass is 16.5. The van der Waals surface area contributed by atoms with Gasteiger partial charge in [-0.15, -0.1) is 0 Å². The predicted molar refractivity (Wildman–Crippen MR) is 63.6 cm³/mol. The van der Waals surface area contributed by atoms with Gasteiger partial charge in [-0.2, -0.15) is 0 Å². The summed E-state index contributed by atoms with van der Waals surface area (Å²) in [4.78, 5) is 10.9. The average molecular weight is 210 g/mol. The molecule has 0 heterocycles. The largest absolute Gasteiger partial charge is 0.466 e. The van der Waals surface area contributed by atoms with E-state index in [0.29, 0.717) is 18.9 Å². The maximum absolute atomic E-state index is 10.9. The second-order valence-corrected chi connectivity index (χ2v) is 3.70. The number of rotatable bonds is 6. The molecule has 0 aliphatic carbocycles. The normalized spacial score (nSPS) is 14.3. The SMILES string of the molecule is C/C=C/C=C(\C)C(C)CCOC(=O)CC. The van der Waals surface area contributed by atoms with Crippen molar-refractivity contribution in [3.63, 3.8) is 0 Å². The molecule has 1 atom stereocenters. The maximum atomic E-state index is 10.9. The van der Waals surface area contributed by atoms with Crippen molar-refractivity contribution in [1.82, 2.24) is 0 Å². The molecule has 0 amide bonds. The van der Waals surface area contributed by atoms with Gasteiger partial charge in [-0.05, 0) is 26.2 Å². The summed E-state index contributed by atoms with van der Waals surface area (Å²) in [6.07, 6.45) is 7.50. The van der Waals surface area contributed by atoms with E-state index in [1.54, 1.807) is 0 Å². The van der Waals surface area contributed by atoms with Gasteiger partial charge in [0.1, 0.15) is 0 Å². The van der Waals surface area contributed by atoms with Gasteiger partial charge >= 0.3 is 5.97 Å². The highest BCUT2D eigenvalue weighted by molar-refractivity contribution is 5.68. The van der Waals surface area contributed by atoms with Crippen molar-refractivity contribution in [2.24, 2.45) is 5.92 Å². The summed E-state index contributed by atoms with van der Waals surface area (Å²) >= 11 is 0. The Bertz CT molecular complexity index is 239. The van der Waals surface area contributed by atoms with Crippen LogP contribution in [0, 0.1) is 5.92 Å². The van der Waals surface area contributed by atoms with E-state index < -0.39 is 0 Å². The van der Waals surface area contributed by atoms with E-state index >= 15 is 0 Å². The fourth-order valence-corrected chi connectivity index (χ4v) is 1.09. The molecule has 2 nitrogen and oxygen atoms in total. The van der Waals surface area contributed by atoms with Crippen molar-refractivity contribution in [2.45, 2.75) is 40.5 Å². The number of hydrogen-bond donors (Lipinski definition) is 0. The van der Waals surface area contributed by atoms with Crippen molar-refractivity contribution in [1.29, 1.82) is 0 Å². The lowest BCUT2D eigenvalue weighted by atomic mass is 9.99. The molecule has 0 saturated carbocycles. The first kappa shape index (κ1) is 13.9. The second kappa shape index (κ2) is 8.27. The third kappa shape index (κ3) is 6.95. The van der Waals surface area contributed by atoms with E-state index in [4.69, 9.17) is 4.74 Å². The zero-order chi connectivity index (χ0) is 11.7. The summed E-state index contributed by atoms with van der Waals surface area (Å²) < 4.78 is 5.03. The summed E-state index contributed by atoms with van der Waals surface area (Å²) in [7, 11) is 0. The minimum atomic E-state index is -0.114.